The van der Waals surface area contributed by atoms with Crippen molar-refractivity contribution in [2.45, 2.75) is 115 Å². The van der Waals surface area contributed by atoms with Crippen molar-refractivity contribution in [3.05, 3.63) is 0 Å². The molecule has 408 valence electrons. The summed E-state index contributed by atoms with van der Waals surface area (Å²) in [6.07, 6.45) is -21.6. The molecule has 0 heterocycles. The van der Waals surface area contributed by atoms with Gasteiger partial charge in [-0.1, -0.05) is 0 Å². The molecule has 0 aromatic heterocycles. The first-order chi connectivity index (χ1) is 28.3. The summed E-state index contributed by atoms with van der Waals surface area (Å²) in [5.41, 5.74) is 0. The maximum absolute atomic E-state index is 13.3. The smallest absolute Gasteiger partial charge is 0.396 e. The van der Waals surface area contributed by atoms with E-state index in [2.05, 4.69) is 0 Å². The van der Waals surface area contributed by atoms with Crippen molar-refractivity contribution in [1.29, 1.82) is 0 Å². The number of hydrogen-bond acceptors (Lipinski definition) is 6. The highest BCUT2D eigenvalue weighted by atomic mass is 32.2. The van der Waals surface area contributed by atoms with E-state index < -0.39 is 140 Å². The molecule has 0 radical (unpaired) electrons. The minimum absolute atomic E-state index is 0.0938. The normalized spacial score (nSPS) is 16.0. The Morgan fingerprint density at radius 3 is 0.537 bits per heavy atom. The van der Waals surface area contributed by atoms with E-state index in [-0.39, 0.29) is 13.2 Å². The van der Waals surface area contributed by atoms with E-state index in [9.17, 15) is 166 Å². The average molecular weight is 1130 g/mol. The SMILES string of the molecule is O=S(=O)(O)CCC(F)(F)C(F)(F)C(F)(F)C(F)(F)C(F)(F)C(F)(F)C(F)(F)C(F)(F)F.O=S(=O)(O)CCC(F)(F)C(F)(F)C(F)(F)C(F)(F)C(F)(F)C(F)(F)C(F)(F)C(F)(F)F.OCCCO. The van der Waals surface area contributed by atoms with Crippen molar-refractivity contribution in [3.8, 4) is 0 Å². The lowest BCUT2D eigenvalue weighted by Gasteiger charge is -2.42. The van der Waals surface area contributed by atoms with Crippen LogP contribution in [0.5, 0.6) is 0 Å². The minimum atomic E-state index is -8.74. The van der Waals surface area contributed by atoms with Crippen LogP contribution in [-0.2, 0) is 20.2 Å². The van der Waals surface area contributed by atoms with Crippen molar-refractivity contribution < 1.29 is 185 Å². The Kier molecular flexibility index (Phi) is 20.0. The third-order valence-electron chi connectivity index (χ3n) is 7.24. The fraction of sp³-hybridized carbons (Fsp3) is 1.00. The molecule has 0 saturated carbocycles. The Bertz CT molecular complexity index is 1720. The highest BCUT2D eigenvalue weighted by Crippen LogP contribution is 2.66. The van der Waals surface area contributed by atoms with E-state index in [4.69, 9.17) is 19.3 Å². The van der Waals surface area contributed by atoms with Gasteiger partial charge >= 0.3 is 95.3 Å². The largest absolute Gasteiger partial charge is 0.460 e. The number of hydrogen-bond donors (Lipinski definition) is 4. The first kappa shape index (κ1) is 68.6. The minimum Gasteiger partial charge on any atom is -0.396 e. The molecule has 0 amide bonds. The molecule has 0 aliphatic carbocycles. The summed E-state index contributed by atoms with van der Waals surface area (Å²) >= 11 is 0. The van der Waals surface area contributed by atoms with Crippen LogP contribution in [0.1, 0.15) is 19.3 Å². The summed E-state index contributed by atoms with van der Waals surface area (Å²) in [6.45, 7) is 0.188. The first-order valence-corrected chi connectivity index (χ1v) is 18.1. The zero-order chi connectivity index (χ0) is 55.9. The molecule has 0 atom stereocenters. The van der Waals surface area contributed by atoms with Crippen LogP contribution in [-0.4, -0.2) is 156 Å². The average Bonchev–Trinajstić information content (AvgIpc) is 3.08. The maximum atomic E-state index is 13.3. The second-order valence-electron chi connectivity index (χ2n) is 12.2. The van der Waals surface area contributed by atoms with Gasteiger partial charge in [-0.25, -0.2) is 0 Å². The summed E-state index contributed by atoms with van der Waals surface area (Å²) in [6, 6.07) is 0. The Morgan fingerprint density at radius 1 is 0.269 bits per heavy atom. The van der Waals surface area contributed by atoms with E-state index >= 15 is 0 Å². The van der Waals surface area contributed by atoms with Gasteiger partial charge in [0, 0.05) is 26.1 Å². The van der Waals surface area contributed by atoms with Gasteiger partial charge in [0.05, 0.1) is 11.5 Å². The van der Waals surface area contributed by atoms with Gasteiger partial charge in [-0.3, -0.25) is 9.11 Å². The standard InChI is InChI=1S/2C10H5F17O3S.C3H8O2/c2*11-3(12,1-2-31(28,29)30)4(13,14)5(15,16)6(17,18)7(19,20)8(21,22)9(23,24)10(25,26)27;4-2-1-3-5/h2*1-2H2,(H,28,29,30);4-5H,1-3H2. The number of aliphatic hydroxyl groups excluding tert-OH is 2. The van der Waals surface area contributed by atoms with Crippen LogP contribution < -0.4 is 0 Å². The molecule has 0 aliphatic rings. The van der Waals surface area contributed by atoms with E-state index in [1.54, 1.807) is 0 Å². The highest BCUT2D eigenvalue weighted by molar-refractivity contribution is 7.86. The van der Waals surface area contributed by atoms with Gasteiger partial charge < -0.3 is 10.2 Å². The van der Waals surface area contributed by atoms with Crippen LogP contribution in [0.4, 0.5) is 149 Å². The van der Waals surface area contributed by atoms with Crippen molar-refractivity contribution in [1.82, 2.24) is 0 Å². The van der Waals surface area contributed by atoms with Gasteiger partial charge in [-0.05, 0) is 6.42 Å². The molecular weight excluding hydrogens is 1110 g/mol. The van der Waals surface area contributed by atoms with Crippen LogP contribution in [0.15, 0.2) is 0 Å². The van der Waals surface area contributed by atoms with Crippen LogP contribution in [0.2, 0.25) is 0 Å². The Balaban J connectivity index is -0.00000111. The summed E-state index contributed by atoms with van der Waals surface area (Å²) in [5.74, 6) is -120. The van der Waals surface area contributed by atoms with Gasteiger partial charge in [0.2, 0.25) is 0 Å². The monoisotopic (exact) mass is 1130 g/mol. The second-order valence-corrected chi connectivity index (χ2v) is 15.3. The van der Waals surface area contributed by atoms with Crippen molar-refractivity contribution >= 4 is 20.2 Å². The van der Waals surface area contributed by atoms with Crippen LogP contribution >= 0.6 is 0 Å². The predicted octanol–water partition coefficient (Wildman–Crippen LogP) is 9.91. The molecular formula is C23H18F34O8S2. The van der Waals surface area contributed by atoms with Gasteiger partial charge in [0.1, 0.15) is 0 Å². The molecule has 0 rings (SSSR count). The van der Waals surface area contributed by atoms with E-state index in [0.717, 1.165) is 0 Å². The Labute approximate surface area is 345 Å². The lowest BCUT2D eigenvalue weighted by Crippen LogP contribution is -2.74. The third kappa shape index (κ3) is 12.3. The third-order valence-corrected chi connectivity index (χ3v) is 8.68. The second kappa shape index (κ2) is 19.5. The van der Waals surface area contributed by atoms with Crippen molar-refractivity contribution in [2.75, 3.05) is 24.7 Å². The lowest BCUT2D eigenvalue weighted by molar-refractivity contribution is -0.461. The molecule has 0 aromatic carbocycles. The van der Waals surface area contributed by atoms with Gasteiger partial charge in [0.25, 0.3) is 20.2 Å². The molecule has 0 aromatic rings. The summed E-state index contributed by atoms with van der Waals surface area (Å²) in [7, 11) is -11.4. The number of aliphatic hydroxyl groups is 2. The quantitative estimate of drug-likeness (QED) is 0.0696. The van der Waals surface area contributed by atoms with Gasteiger partial charge in [-0.2, -0.15) is 166 Å². The maximum Gasteiger partial charge on any atom is 0.460 e. The summed E-state index contributed by atoms with van der Waals surface area (Å²) < 4.78 is 494. The van der Waals surface area contributed by atoms with E-state index in [1.807, 2.05) is 0 Å². The fourth-order valence-corrected chi connectivity index (χ4v) is 4.32. The van der Waals surface area contributed by atoms with Crippen LogP contribution in [0, 0.1) is 0 Å². The molecule has 44 heteroatoms. The van der Waals surface area contributed by atoms with E-state index in [1.165, 1.54) is 0 Å². The zero-order valence-electron chi connectivity index (χ0n) is 30.0. The molecule has 0 aliphatic heterocycles. The summed E-state index contributed by atoms with van der Waals surface area (Å²) in [5, 5.41) is 15.8. The number of alkyl halides is 34. The highest BCUT2D eigenvalue weighted by Gasteiger charge is 2.97. The lowest BCUT2D eigenvalue weighted by atomic mass is 9.88. The van der Waals surface area contributed by atoms with Crippen LogP contribution in [0.3, 0.4) is 0 Å². The van der Waals surface area contributed by atoms with E-state index in [0.29, 0.717) is 6.42 Å². The summed E-state index contributed by atoms with van der Waals surface area (Å²) in [4.78, 5) is 0. The molecule has 0 saturated heterocycles. The van der Waals surface area contributed by atoms with Crippen molar-refractivity contribution in [3.63, 3.8) is 0 Å². The first-order valence-electron chi connectivity index (χ1n) is 14.9. The topological polar surface area (TPSA) is 149 Å². The molecule has 67 heavy (non-hydrogen) atoms. The Morgan fingerprint density at radius 2 is 0.418 bits per heavy atom. The van der Waals surface area contributed by atoms with Crippen molar-refractivity contribution in [2.24, 2.45) is 0 Å². The molecule has 0 spiro atoms. The number of halogens is 34. The van der Waals surface area contributed by atoms with Gasteiger partial charge in [-0.15, -0.1) is 0 Å². The fourth-order valence-electron chi connectivity index (χ4n) is 3.29. The molecule has 0 fully saturated rings. The van der Waals surface area contributed by atoms with Gasteiger partial charge in [0.15, 0.2) is 0 Å². The number of rotatable bonds is 20. The van der Waals surface area contributed by atoms with Crippen LogP contribution in [0.25, 0.3) is 0 Å². The predicted molar refractivity (Wildman–Crippen MR) is 142 cm³/mol. The molecule has 0 unspecified atom stereocenters. The molecule has 4 N–H and O–H groups in total. The Hall–Kier alpha value is -2.64. The molecule has 0 bridgehead atoms. The zero-order valence-corrected chi connectivity index (χ0v) is 31.7. The molecule has 8 nitrogen and oxygen atoms in total.